The van der Waals surface area contributed by atoms with E-state index in [0.717, 1.165) is 34.0 Å². The van der Waals surface area contributed by atoms with Gasteiger partial charge in [-0.15, -0.1) is 0 Å². The van der Waals surface area contributed by atoms with E-state index in [1.165, 1.54) is 22.3 Å². The third kappa shape index (κ3) is 3.46. The monoisotopic (exact) mass is 425 g/mol. The Morgan fingerprint density at radius 2 is 1.00 bits per heavy atom. The van der Waals surface area contributed by atoms with Gasteiger partial charge in [0.2, 0.25) is 0 Å². The molecule has 1 heterocycles. The summed E-state index contributed by atoms with van der Waals surface area (Å²) in [5.41, 5.74) is 9.31. The van der Waals surface area contributed by atoms with E-state index in [1.54, 1.807) is 0 Å². The van der Waals surface area contributed by atoms with E-state index in [2.05, 4.69) is 115 Å². The van der Waals surface area contributed by atoms with Gasteiger partial charge in [0.25, 0.3) is 0 Å². The van der Waals surface area contributed by atoms with Crippen LogP contribution in [-0.2, 0) is 0 Å². The van der Waals surface area contributed by atoms with Crippen molar-refractivity contribution < 1.29 is 4.74 Å². The smallest absolute Gasteiger partial charge is 0.135 e. The summed E-state index contributed by atoms with van der Waals surface area (Å²) in [6, 6.07) is 42.4. The summed E-state index contributed by atoms with van der Waals surface area (Å²) in [7, 11) is 2.11. The molecule has 0 unspecified atom stereocenters. The molecule has 5 aromatic carbocycles. The Kier molecular flexibility index (Phi) is 4.70. The van der Waals surface area contributed by atoms with Crippen molar-refractivity contribution >= 4 is 11.4 Å². The third-order valence-electron chi connectivity index (χ3n) is 6.33. The topological polar surface area (TPSA) is 12.5 Å². The zero-order chi connectivity index (χ0) is 22.2. The maximum Gasteiger partial charge on any atom is 0.135 e. The number of hydrogen-bond acceptors (Lipinski definition) is 2. The Bertz CT molecular complexity index is 1440. The van der Waals surface area contributed by atoms with Crippen molar-refractivity contribution in [3.05, 3.63) is 121 Å². The maximum atomic E-state index is 6.37. The summed E-state index contributed by atoms with van der Waals surface area (Å²) in [5, 5.41) is 0. The molecule has 1 aliphatic rings. The minimum absolute atomic E-state index is 0.879. The molecule has 0 N–H and O–H groups in total. The van der Waals surface area contributed by atoms with E-state index in [4.69, 9.17) is 4.74 Å². The van der Waals surface area contributed by atoms with Gasteiger partial charge >= 0.3 is 0 Å². The lowest BCUT2D eigenvalue weighted by molar-refractivity contribution is 0.488. The van der Waals surface area contributed by atoms with Crippen LogP contribution in [0, 0.1) is 0 Å². The highest BCUT2D eigenvalue weighted by molar-refractivity contribution is 5.91. The summed E-state index contributed by atoms with van der Waals surface area (Å²) >= 11 is 0. The summed E-state index contributed by atoms with van der Waals surface area (Å²) in [6.07, 6.45) is 0. The predicted molar refractivity (Wildman–Crippen MR) is 137 cm³/mol. The number of anilines is 2. The van der Waals surface area contributed by atoms with Gasteiger partial charge in [-0.05, 0) is 58.7 Å². The highest BCUT2D eigenvalue weighted by atomic mass is 16.5. The molecule has 1 aliphatic heterocycles. The van der Waals surface area contributed by atoms with Crippen LogP contribution in [0.2, 0.25) is 0 Å². The van der Waals surface area contributed by atoms with E-state index >= 15 is 0 Å². The second kappa shape index (κ2) is 7.99. The van der Waals surface area contributed by atoms with Crippen molar-refractivity contribution in [3.8, 4) is 44.9 Å². The molecule has 0 atom stereocenters. The minimum Gasteiger partial charge on any atom is -0.456 e. The molecule has 0 aromatic heterocycles. The van der Waals surface area contributed by atoms with Crippen LogP contribution in [0.1, 0.15) is 0 Å². The molecule has 5 aromatic rings. The molecule has 33 heavy (non-hydrogen) atoms. The molecule has 158 valence electrons. The van der Waals surface area contributed by atoms with Crippen LogP contribution in [0.4, 0.5) is 11.4 Å². The van der Waals surface area contributed by atoms with Crippen LogP contribution in [0.25, 0.3) is 33.4 Å². The number of benzene rings is 5. The van der Waals surface area contributed by atoms with Crippen LogP contribution in [0.3, 0.4) is 0 Å². The van der Waals surface area contributed by atoms with Crippen molar-refractivity contribution in [2.24, 2.45) is 0 Å². The molecule has 0 radical (unpaired) electrons. The van der Waals surface area contributed by atoms with E-state index < -0.39 is 0 Å². The number of hydrogen-bond donors (Lipinski definition) is 0. The highest BCUT2D eigenvalue weighted by Crippen LogP contribution is 2.47. The lowest BCUT2D eigenvalue weighted by Crippen LogP contribution is -2.09. The maximum absolute atomic E-state index is 6.37. The summed E-state index contributed by atoms with van der Waals surface area (Å²) in [6.45, 7) is 0. The van der Waals surface area contributed by atoms with Gasteiger partial charge in [0.05, 0.1) is 0 Å². The van der Waals surface area contributed by atoms with Gasteiger partial charge in [-0.25, -0.2) is 0 Å². The van der Waals surface area contributed by atoms with Gasteiger partial charge < -0.3 is 9.64 Å². The molecular weight excluding hydrogens is 402 g/mol. The Labute approximate surface area is 194 Å². The molecule has 0 spiro atoms. The standard InChI is InChI=1S/C31H23NO/c1-32(24-17-15-23(16-18-24)22-9-3-2-4-10-22)25-19-20-31-29(21-25)27-12-6-5-11-26(27)28-13-7-8-14-30(28)33-31/h2-21H,1H3. The van der Waals surface area contributed by atoms with Gasteiger partial charge in [0, 0.05) is 29.5 Å². The molecule has 6 rings (SSSR count). The van der Waals surface area contributed by atoms with Crippen molar-refractivity contribution in [1.29, 1.82) is 0 Å². The zero-order valence-corrected chi connectivity index (χ0v) is 18.4. The van der Waals surface area contributed by atoms with Crippen molar-refractivity contribution in [1.82, 2.24) is 0 Å². The number of fused-ring (bicyclic) bond motifs is 5. The normalized spacial score (nSPS) is 11.4. The van der Waals surface area contributed by atoms with E-state index in [-0.39, 0.29) is 0 Å². The van der Waals surface area contributed by atoms with E-state index in [1.807, 2.05) is 18.2 Å². The Morgan fingerprint density at radius 3 is 1.76 bits per heavy atom. The summed E-state index contributed by atoms with van der Waals surface area (Å²) in [4.78, 5) is 2.22. The molecular formula is C31H23NO. The van der Waals surface area contributed by atoms with Crippen LogP contribution < -0.4 is 9.64 Å². The summed E-state index contributed by atoms with van der Waals surface area (Å²) in [5.74, 6) is 1.77. The first-order chi connectivity index (χ1) is 16.3. The SMILES string of the molecule is CN(c1ccc(-c2ccccc2)cc1)c1ccc2c(c1)-c1ccccc1-c1ccccc1O2. The first kappa shape index (κ1) is 19.4. The van der Waals surface area contributed by atoms with Crippen molar-refractivity contribution in [3.63, 3.8) is 0 Å². The average Bonchev–Trinajstić information content (AvgIpc) is 3.03. The van der Waals surface area contributed by atoms with Crippen molar-refractivity contribution in [2.75, 3.05) is 11.9 Å². The van der Waals surface area contributed by atoms with Crippen LogP contribution in [0.15, 0.2) is 121 Å². The number of rotatable bonds is 3. The largest absolute Gasteiger partial charge is 0.456 e. The van der Waals surface area contributed by atoms with Gasteiger partial charge in [0.15, 0.2) is 0 Å². The molecule has 0 saturated carbocycles. The minimum atomic E-state index is 0.879. The van der Waals surface area contributed by atoms with Gasteiger partial charge in [-0.1, -0.05) is 84.9 Å². The Balaban J connectivity index is 1.39. The molecule has 2 heteroatoms. The molecule has 0 bridgehead atoms. The van der Waals surface area contributed by atoms with Gasteiger partial charge in [-0.2, -0.15) is 0 Å². The molecule has 0 saturated heterocycles. The van der Waals surface area contributed by atoms with E-state index in [0.29, 0.717) is 0 Å². The Hall–Kier alpha value is -4.30. The number of ether oxygens (including phenoxy) is 1. The van der Waals surface area contributed by atoms with Crippen LogP contribution in [-0.4, -0.2) is 7.05 Å². The predicted octanol–water partition coefficient (Wildman–Crippen LogP) is 8.56. The quantitative estimate of drug-likeness (QED) is 0.281. The average molecular weight is 426 g/mol. The first-order valence-corrected chi connectivity index (χ1v) is 11.2. The molecule has 2 nitrogen and oxygen atoms in total. The first-order valence-electron chi connectivity index (χ1n) is 11.2. The zero-order valence-electron chi connectivity index (χ0n) is 18.4. The van der Waals surface area contributed by atoms with E-state index in [9.17, 15) is 0 Å². The third-order valence-corrected chi connectivity index (χ3v) is 6.33. The second-order valence-electron chi connectivity index (χ2n) is 8.30. The number of para-hydroxylation sites is 1. The number of nitrogens with zero attached hydrogens (tertiary/aromatic N) is 1. The van der Waals surface area contributed by atoms with Gasteiger partial charge in [0.1, 0.15) is 11.5 Å². The van der Waals surface area contributed by atoms with Gasteiger partial charge in [-0.3, -0.25) is 0 Å². The Morgan fingerprint density at radius 1 is 0.455 bits per heavy atom. The lowest BCUT2D eigenvalue weighted by atomic mass is 9.94. The fourth-order valence-corrected chi connectivity index (χ4v) is 4.53. The molecule has 0 aliphatic carbocycles. The fraction of sp³-hybridized carbons (Fsp3) is 0.0323. The summed E-state index contributed by atoms with van der Waals surface area (Å²) < 4.78 is 6.37. The highest BCUT2D eigenvalue weighted by Gasteiger charge is 2.21. The fourth-order valence-electron chi connectivity index (χ4n) is 4.53. The molecule has 0 fully saturated rings. The lowest BCUT2D eigenvalue weighted by Gasteiger charge is -2.22. The molecule has 0 amide bonds. The van der Waals surface area contributed by atoms with Crippen molar-refractivity contribution in [2.45, 2.75) is 0 Å². The van der Waals surface area contributed by atoms with Crippen LogP contribution in [0.5, 0.6) is 11.5 Å². The van der Waals surface area contributed by atoms with Crippen LogP contribution >= 0.6 is 0 Å². The second-order valence-corrected chi connectivity index (χ2v) is 8.30.